The lowest BCUT2D eigenvalue weighted by Gasteiger charge is -2.27. The number of nitro benzene ring substituents is 1. The van der Waals surface area contributed by atoms with Gasteiger partial charge in [-0.3, -0.25) is 10.1 Å². The molecule has 0 aliphatic carbocycles. The number of aromatic nitrogens is 2. The maximum atomic E-state index is 11.0. The number of hydrogen-bond donors (Lipinski definition) is 1. The summed E-state index contributed by atoms with van der Waals surface area (Å²) in [6.07, 6.45) is 1.53. The summed E-state index contributed by atoms with van der Waals surface area (Å²) in [5.74, 6) is 0.507. The molecule has 1 N–H and O–H groups in total. The van der Waals surface area contributed by atoms with E-state index >= 15 is 0 Å². The van der Waals surface area contributed by atoms with E-state index in [1.807, 2.05) is 7.05 Å². The van der Waals surface area contributed by atoms with Gasteiger partial charge in [-0.2, -0.15) is 0 Å². The highest BCUT2D eigenvalue weighted by Gasteiger charge is 2.25. The lowest BCUT2D eigenvalue weighted by Crippen LogP contribution is -2.32. The van der Waals surface area contributed by atoms with E-state index in [-0.39, 0.29) is 22.6 Å². The van der Waals surface area contributed by atoms with Gasteiger partial charge in [-0.05, 0) is 26.0 Å². The van der Waals surface area contributed by atoms with Crippen molar-refractivity contribution in [3.05, 3.63) is 40.3 Å². The molecule has 21 heavy (non-hydrogen) atoms. The van der Waals surface area contributed by atoms with E-state index < -0.39 is 0 Å². The topological polar surface area (TPSA) is 81.0 Å². The summed E-state index contributed by atoms with van der Waals surface area (Å²) in [5, 5.41) is 15.0. The highest BCUT2D eigenvalue weighted by molar-refractivity contribution is 5.83. The van der Waals surface area contributed by atoms with Gasteiger partial charge in [0.2, 0.25) is 0 Å². The third-order valence-electron chi connectivity index (χ3n) is 3.89. The van der Waals surface area contributed by atoms with Crippen LogP contribution >= 0.6 is 0 Å². The summed E-state index contributed by atoms with van der Waals surface area (Å²) >= 11 is 0. The van der Waals surface area contributed by atoms with E-state index in [1.54, 1.807) is 12.1 Å². The maximum Gasteiger partial charge on any atom is 0.270 e. The quantitative estimate of drug-likeness (QED) is 0.676. The molecule has 112 valence electrons. The number of nitro groups is 1. The molecule has 0 aliphatic heterocycles. The van der Waals surface area contributed by atoms with Gasteiger partial charge in [0, 0.05) is 29.5 Å². The van der Waals surface area contributed by atoms with Crippen molar-refractivity contribution in [2.75, 3.05) is 7.05 Å². The van der Waals surface area contributed by atoms with Crippen LogP contribution in [0.5, 0.6) is 0 Å². The Morgan fingerprint density at radius 2 is 1.95 bits per heavy atom. The number of fused-ring (bicyclic) bond motifs is 1. The first-order chi connectivity index (χ1) is 9.95. The molecule has 2 atom stereocenters. The number of benzene rings is 1. The third kappa shape index (κ3) is 3.00. The smallest absolute Gasteiger partial charge is 0.270 e. The fraction of sp³-hybridized carbons (Fsp3) is 0.467. The van der Waals surface area contributed by atoms with Gasteiger partial charge in [0.15, 0.2) is 0 Å². The molecule has 0 spiro atoms. The van der Waals surface area contributed by atoms with Gasteiger partial charge in [-0.1, -0.05) is 13.8 Å². The Hall–Kier alpha value is -2.08. The molecule has 1 heterocycles. The monoisotopic (exact) mass is 288 g/mol. The van der Waals surface area contributed by atoms with Crippen molar-refractivity contribution in [1.82, 2.24) is 15.3 Å². The summed E-state index contributed by atoms with van der Waals surface area (Å²) in [4.78, 5) is 19.3. The van der Waals surface area contributed by atoms with Crippen molar-refractivity contribution in [2.24, 2.45) is 5.92 Å². The van der Waals surface area contributed by atoms with E-state index in [0.717, 1.165) is 16.6 Å². The minimum Gasteiger partial charge on any atom is -0.317 e. The zero-order chi connectivity index (χ0) is 15.6. The predicted octanol–water partition coefficient (Wildman–Crippen LogP) is 2.89. The van der Waals surface area contributed by atoms with E-state index in [2.05, 4.69) is 36.1 Å². The van der Waals surface area contributed by atoms with Crippen molar-refractivity contribution in [2.45, 2.75) is 32.7 Å². The van der Waals surface area contributed by atoms with Gasteiger partial charge >= 0.3 is 0 Å². The third-order valence-corrected chi connectivity index (χ3v) is 3.89. The van der Waals surface area contributed by atoms with Crippen molar-refractivity contribution < 1.29 is 4.92 Å². The zero-order valence-electron chi connectivity index (χ0n) is 12.7. The largest absolute Gasteiger partial charge is 0.317 e. The molecule has 0 bridgehead atoms. The highest BCUT2D eigenvalue weighted by atomic mass is 16.6. The number of likely N-dealkylation sites (N-methyl/N-ethyl adjacent to an activating group) is 1. The summed E-state index contributed by atoms with van der Waals surface area (Å²) in [7, 11) is 1.91. The molecular formula is C15H20N4O2. The molecular weight excluding hydrogens is 268 g/mol. The summed E-state index contributed by atoms with van der Waals surface area (Å²) < 4.78 is 0. The molecule has 1 aromatic carbocycles. The van der Waals surface area contributed by atoms with Gasteiger partial charge < -0.3 is 5.32 Å². The summed E-state index contributed by atoms with van der Waals surface area (Å²) in [6.45, 7) is 6.35. The number of non-ortho nitro benzene ring substituents is 1. The molecule has 2 rings (SSSR count). The molecule has 2 aromatic rings. The molecule has 0 radical (unpaired) electrons. The van der Waals surface area contributed by atoms with Crippen LogP contribution in [0.1, 0.15) is 32.4 Å². The zero-order valence-corrected chi connectivity index (χ0v) is 12.7. The highest BCUT2D eigenvalue weighted by Crippen LogP contribution is 2.32. The number of nitrogens with zero attached hydrogens (tertiary/aromatic N) is 3. The van der Waals surface area contributed by atoms with Crippen LogP contribution in [-0.4, -0.2) is 28.0 Å². The minimum atomic E-state index is -0.387. The van der Waals surface area contributed by atoms with E-state index in [0.29, 0.717) is 5.92 Å². The molecule has 0 aliphatic rings. The molecule has 6 nitrogen and oxygen atoms in total. The second-order valence-corrected chi connectivity index (χ2v) is 5.56. The minimum absolute atomic E-state index is 0.0677. The van der Waals surface area contributed by atoms with Gasteiger partial charge in [0.1, 0.15) is 6.33 Å². The van der Waals surface area contributed by atoms with Crippen molar-refractivity contribution >= 4 is 16.6 Å². The molecule has 1 aromatic heterocycles. The molecule has 0 saturated carbocycles. The standard InChI is InChI=1S/C15H20N4O2/c1-9(2)14(10(3)16-4)15-12-7-11(19(20)21)5-6-13(12)17-8-18-15/h5-10,14,16H,1-4H3. The van der Waals surface area contributed by atoms with Crippen LogP contribution in [0.3, 0.4) is 0 Å². The first-order valence-corrected chi connectivity index (χ1v) is 7.02. The molecule has 0 saturated heterocycles. The average Bonchev–Trinajstić information content (AvgIpc) is 2.46. The Bertz CT molecular complexity index is 657. The maximum absolute atomic E-state index is 11.0. The van der Waals surface area contributed by atoms with E-state index in [4.69, 9.17) is 0 Å². The van der Waals surface area contributed by atoms with Crippen LogP contribution in [0.15, 0.2) is 24.5 Å². The van der Waals surface area contributed by atoms with Gasteiger partial charge in [0.05, 0.1) is 16.1 Å². The van der Waals surface area contributed by atoms with Crippen LogP contribution in [0.25, 0.3) is 10.9 Å². The number of rotatable bonds is 5. The van der Waals surface area contributed by atoms with E-state index in [1.165, 1.54) is 12.4 Å². The summed E-state index contributed by atoms with van der Waals surface area (Å²) in [6, 6.07) is 4.94. The van der Waals surface area contributed by atoms with Gasteiger partial charge in [-0.15, -0.1) is 0 Å². The van der Waals surface area contributed by atoms with Crippen molar-refractivity contribution in [1.29, 1.82) is 0 Å². The van der Waals surface area contributed by atoms with E-state index in [9.17, 15) is 10.1 Å². The molecule has 2 unspecified atom stereocenters. The second kappa shape index (κ2) is 6.13. The normalized spacial score (nSPS) is 14.3. The Labute approximate surface area is 123 Å². The SMILES string of the molecule is CNC(C)C(c1ncnc2ccc([N+](=O)[O-])cc12)C(C)C. The van der Waals surface area contributed by atoms with Crippen LogP contribution in [0, 0.1) is 16.0 Å². The number of nitrogens with one attached hydrogen (secondary N) is 1. The Morgan fingerprint density at radius 1 is 1.24 bits per heavy atom. The molecule has 0 amide bonds. The molecule has 6 heteroatoms. The van der Waals surface area contributed by atoms with Gasteiger partial charge in [-0.25, -0.2) is 9.97 Å². The molecule has 0 fully saturated rings. The predicted molar refractivity (Wildman–Crippen MR) is 82.3 cm³/mol. The number of hydrogen-bond acceptors (Lipinski definition) is 5. The van der Waals surface area contributed by atoms with Crippen LogP contribution in [0.2, 0.25) is 0 Å². The lowest BCUT2D eigenvalue weighted by atomic mass is 9.84. The van der Waals surface area contributed by atoms with Crippen LogP contribution < -0.4 is 5.32 Å². The van der Waals surface area contributed by atoms with Crippen molar-refractivity contribution in [3.8, 4) is 0 Å². The lowest BCUT2D eigenvalue weighted by molar-refractivity contribution is -0.384. The summed E-state index contributed by atoms with van der Waals surface area (Å²) in [5.41, 5.74) is 1.67. The van der Waals surface area contributed by atoms with Gasteiger partial charge in [0.25, 0.3) is 5.69 Å². The Balaban J connectivity index is 2.66. The van der Waals surface area contributed by atoms with Crippen molar-refractivity contribution in [3.63, 3.8) is 0 Å². The fourth-order valence-corrected chi connectivity index (χ4v) is 2.75. The first kappa shape index (κ1) is 15.3. The first-order valence-electron chi connectivity index (χ1n) is 7.02. The second-order valence-electron chi connectivity index (χ2n) is 5.56. The van der Waals surface area contributed by atoms with Crippen LogP contribution in [0.4, 0.5) is 5.69 Å². The Kier molecular flexibility index (Phi) is 4.47. The van der Waals surface area contributed by atoms with Crippen LogP contribution in [-0.2, 0) is 0 Å². The Morgan fingerprint density at radius 3 is 2.52 bits per heavy atom. The fourth-order valence-electron chi connectivity index (χ4n) is 2.75. The average molecular weight is 288 g/mol.